The van der Waals surface area contributed by atoms with Crippen molar-refractivity contribution in [2.24, 2.45) is 5.73 Å². The van der Waals surface area contributed by atoms with E-state index in [-0.39, 0.29) is 0 Å². The molecule has 18 heavy (non-hydrogen) atoms. The minimum atomic E-state index is 0.621. The van der Waals surface area contributed by atoms with E-state index in [9.17, 15) is 0 Å². The van der Waals surface area contributed by atoms with E-state index in [2.05, 4.69) is 48.4 Å². The zero-order valence-corrected chi connectivity index (χ0v) is 11.1. The average Bonchev–Trinajstić information content (AvgIpc) is 2.75. The lowest BCUT2D eigenvalue weighted by Crippen LogP contribution is -2.09. The van der Waals surface area contributed by atoms with Crippen molar-refractivity contribution in [2.45, 2.75) is 33.2 Å². The molecule has 0 bridgehead atoms. The minimum Gasteiger partial charge on any atom is -0.330 e. The number of nitrogens with two attached hydrogens (primary N) is 1. The highest BCUT2D eigenvalue weighted by molar-refractivity contribution is 5.22. The third kappa shape index (κ3) is 2.76. The van der Waals surface area contributed by atoms with Crippen LogP contribution in [0.3, 0.4) is 0 Å². The van der Waals surface area contributed by atoms with Gasteiger partial charge in [-0.2, -0.15) is 0 Å². The highest BCUT2D eigenvalue weighted by Crippen LogP contribution is 2.11. The Morgan fingerprint density at radius 3 is 2.56 bits per heavy atom. The molecule has 96 valence electrons. The third-order valence-corrected chi connectivity index (χ3v) is 3.09. The van der Waals surface area contributed by atoms with Gasteiger partial charge in [0.05, 0.1) is 17.9 Å². The smallest absolute Gasteiger partial charge is 0.0871 e. The molecule has 2 N–H and O–H groups in total. The van der Waals surface area contributed by atoms with Gasteiger partial charge in [0.15, 0.2) is 0 Å². The van der Waals surface area contributed by atoms with E-state index in [4.69, 9.17) is 5.73 Å². The molecule has 1 aromatic carbocycles. The van der Waals surface area contributed by atoms with Crippen LogP contribution < -0.4 is 5.73 Å². The number of hydrogen-bond acceptors (Lipinski definition) is 3. The average molecular weight is 244 g/mol. The molecule has 0 aliphatic rings. The Hall–Kier alpha value is -1.68. The van der Waals surface area contributed by atoms with E-state index in [1.54, 1.807) is 0 Å². The Labute approximate surface area is 108 Å². The molecule has 2 aromatic rings. The highest BCUT2D eigenvalue weighted by Gasteiger charge is 2.10. The Bertz CT molecular complexity index is 499. The van der Waals surface area contributed by atoms with Gasteiger partial charge in [0.1, 0.15) is 0 Å². The van der Waals surface area contributed by atoms with Gasteiger partial charge in [-0.25, -0.2) is 4.68 Å². The Morgan fingerprint density at radius 2 is 1.94 bits per heavy atom. The summed E-state index contributed by atoms with van der Waals surface area (Å²) >= 11 is 0. The second-order valence-corrected chi connectivity index (χ2v) is 4.52. The molecule has 2 rings (SSSR count). The molecule has 0 spiro atoms. The lowest BCUT2D eigenvalue weighted by atomic mass is 10.1. The second kappa shape index (κ2) is 5.78. The number of nitrogens with zero attached hydrogens (tertiary/aromatic N) is 3. The van der Waals surface area contributed by atoms with E-state index in [0.29, 0.717) is 6.54 Å². The summed E-state index contributed by atoms with van der Waals surface area (Å²) in [6.07, 6.45) is 1.74. The fourth-order valence-corrected chi connectivity index (χ4v) is 2.08. The van der Waals surface area contributed by atoms with Gasteiger partial charge in [-0.3, -0.25) is 0 Å². The maximum atomic E-state index is 5.59. The van der Waals surface area contributed by atoms with Crippen LogP contribution in [0.5, 0.6) is 0 Å². The maximum absolute atomic E-state index is 5.59. The van der Waals surface area contributed by atoms with Gasteiger partial charge in [-0.05, 0) is 25.5 Å². The van der Waals surface area contributed by atoms with Crippen LogP contribution in [0.4, 0.5) is 0 Å². The third-order valence-electron chi connectivity index (χ3n) is 3.09. The largest absolute Gasteiger partial charge is 0.330 e. The summed E-state index contributed by atoms with van der Waals surface area (Å²) in [5, 5.41) is 8.46. The van der Waals surface area contributed by atoms with Crippen molar-refractivity contribution in [1.82, 2.24) is 15.0 Å². The molecule has 0 aliphatic carbocycles. The zero-order valence-electron chi connectivity index (χ0n) is 11.1. The quantitative estimate of drug-likeness (QED) is 0.871. The van der Waals surface area contributed by atoms with Crippen molar-refractivity contribution in [3.8, 4) is 0 Å². The molecule has 0 radical (unpaired) electrons. The predicted octanol–water partition coefficient (Wildman–Crippen LogP) is 1.70. The summed E-state index contributed by atoms with van der Waals surface area (Å²) < 4.78 is 1.98. The number of rotatable bonds is 5. The van der Waals surface area contributed by atoms with Crippen LogP contribution in [0, 0.1) is 6.92 Å². The molecular formula is C14H20N4. The van der Waals surface area contributed by atoms with Crippen LogP contribution in [0.1, 0.15) is 29.4 Å². The van der Waals surface area contributed by atoms with Crippen LogP contribution in [0.2, 0.25) is 0 Å². The Balaban J connectivity index is 2.20. The summed E-state index contributed by atoms with van der Waals surface area (Å²) in [7, 11) is 0. The molecule has 1 heterocycles. The zero-order chi connectivity index (χ0) is 13.0. The highest BCUT2D eigenvalue weighted by atomic mass is 15.4. The minimum absolute atomic E-state index is 0.621. The first-order chi connectivity index (χ1) is 8.74. The summed E-state index contributed by atoms with van der Waals surface area (Å²) in [5.74, 6) is 0. The standard InChI is InChI=1S/C14H20N4/c1-3-14-13(8-9-15)16-17-18(14)10-12-6-4-11(2)5-7-12/h4-7H,3,8-10,15H2,1-2H3. The van der Waals surface area contributed by atoms with Crippen molar-refractivity contribution in [3.63, 3.8) is 0 Å². The van der Waals surface area contributed by atoms with Crippen LogP contribution in [-0.2, 0) is 19.4 Å². The first-order valence-corrected chi connectivity index (χ1v) is 6.41. The van der Waals surface area contributed by atoms with Crippen LogP contribution >= 0.6 is 0 Å². The monoisotopic (exact) mass is 244 g/mol. The lowest BCUT2D eigenvalue weighted by molar-refractivity contribution is 0.622. The lowest BCUT2D eigenvalue weighted by Gasteiger charge is -2.06. The first kappa shape index (κ1) is 12.8. The molecule has 0 fully saturated rings. The number of benzene rings is 1. The molecule has 0 saturated heterocycles. The number of aromatic nitrogens is 3. The van der Waals surface area contributed by atoms with Gasteiger partial charge >= 0.3 is 0 Å². The fourth-order valence-electron chi connectivity index (χ4n) is 2.08. The van der Waals surface area contributed by atoms with Crippen LogP contribution in [0.15, 0.2) is 24.3 Å². The van der Waals surface area contributed by atoms with Gasteiger partial charge in [0.25, 0.3) is 0 Å². The molecule has 4 nitrogen and oxygen atoms in total. The van der Waals surface area contributed by atoms with Gasteiger partial charge in [0, 0.05) is 6.42 Å². The molecule has 0 saturated carbocycles. The SMILES string of the molecule is CCc1c(CCN)nnn1Cc1ccc(C)cc1. The maximum Gasteiger partial charge on any atom is 0.0871 e. The number of aryl methyl sites for hydroxylation is 1. The predicted molar refractivity (Wildman–Crippen MR) is 72.4 cm³/mol. The van der Waals surface area contributed by atoms with Gasteiger partial charge < -0.3 is 5.73 Å². The van der Waals surface area contributed by atoms with Gasteiger partial charge in [-0.15, -0.1) is 5.10 Å². The van der Waals surface area contributed by atoms with E-state index in [0.717, 1.165) is 25.1 Å². The first-order valence-electron chi connectivity index (χ1n) is 6.41. The summed E-state index contributed by atoms with van der Waals surface area (Å²) in [5.41, 5.74) is 10.3. The fraction of sp³-hybridized carbons (Fsp3) is 0.429. The molecule has 4 heteroatoms. The van der Waals surface area contributed by atoms with Crippen molar-refractivity contribution in [3.05, 3.63) is 46.8 Å². The number of hydrogen-bond donors (Lipinski definition) is 1. The molecular weight excluding hydrogens is 224 g/mol. The second-order valence-electron chi connectivity index (χ2n) is 4.52. The van der Waals surface area contributed by atoms with Crippen molar-refractivity contribution >= 4 is 0 Å². The summed E-state index contributed by atoms with van der Waals surface area (Å²) in [4.78, 5) is 0. The van der Waals surface area contributed by atoms with Crippen molar-refractivity contribution < 1.29 is 0 Å². The molecule has 1 aromatic heterocycles. The normalized spacial score (nSPS) is 10.8. The molecule has 0 atom stereocenters. The summed E-state index contributed by atoms with van der Waals surface area (Å²) in [6, 6.07) is 8.52. The molecule has 0 amide bonds. The van der Waals surface area contributed by atoms with E-state index >= 15 is 0 Å². The van der Waals surface area contributed by atoms with E-state index in [1.807, 2.05) is 4.68 Å². The van der Waals surface area contributed by atoms with Crippen molar-refractivity contribution in [2.75, 3.05) is 6.54 Å². The Morgan fingerprint density at radius 1 is 1.22 bits per heavy atom. The van der Waals surface area contributed by atoms with E-state index < -0.39 is 0 Å². The Kier molecular flexibility index (Phi) is 4.10. The van der Waals surface area contributed by atoms with Crippen LogP contribution in [0.25, 0.3) is 0 Å². The van der Waals surface area contributed by atoms with E-state index in [1.165, 1.54) is 16.8 Å². The summed E-state index contributed by atoms with van der Waals surface area (Å²) in [6.45, 7) is 5.62. The van der Waals surface area contributed by atoms with Crippen molar-refractivity contribution in [1.29, 1.82) is 0 Å². The molecule has 0 unspecified atom stereocenters. The topological polar surface area (TPSA) is 56.7 Å². The molecule has 0 aliphatic heterocycles. The van der Waals surface area contributed by atoms with Gasteiger partial charge in [-0.1, -0.05) is 42.0 Å². The van der Waals surface area contributed by atoms with Crippen LogP contribution in [-0.4, -0.2) is 21.5 Å². The van der Waals surface area contributed by atoms with Gasteiger partial charge in [0.2, 0.25) is 0 Å².